The molecule has 0 aliphatic carbocycles. The van der Waals surface area contributed by atoms with E-state index in [0.717, 1.165) is 17.3 Å². The molecule has 0 saturated carbocycles. The molecule has 1 N–H and O–H groups in total. The first-order valence-electron chi connectivity index (χ1n) is 7.05. The minimum atomic E-state index is 0. The highest BCUT2D eigenvalue weighted by Crippen LogP contribution is 2.09. The van der Waals surface area contributed by atoms with Gasteiger partial charge in [0, 0.05) is 6.61 Å². The Bertz CT molecular complexity index is 151. The molecule has 2 nitrogen and oxygen atoms in total. The molecule has 3 heteroatoms. The second-order valence-corrected chi connectivity index (χ2v) is 5.58. The lowest BCUT2D eigenvalue weighted by molar-refractivity contribution is -0.890. The van der Waals surface area contributed by atoms with Gasteiger partial charge < -0.3 is 33.6 Å². The van der Waals surface area contributed by atoms with Crippen molar-refractivity contribution in [1.29, 1.82) is 0 Å². The minimum absolute atomic E-state index is 0. The first-order chi connectivity index (χ1) is 7.62. The van der Waals surface area contributed by atoms with Crippen molar-refractivity contribution in [2.24, 2.45) is 0 Å². The highest BCUT2D eigenvalue weighted by molar-refractivity contribution is 4.45. The zero-order valence-corrected chi connectivity index (χ0v) is 14.2. The molecule has 0 atom stereocenters. The van der Waals surface area contributed by atoms with Crippen LogP contribution in [0, 0.1) is 0 Å². The van der Waals surface area contributed by atoms with Gasteiger partial charge >= 0.3 is 0 Å². The molecule has 0 aromatic carbocycles. The summed E-state index contributed by atoms with van der Waals surface area (Å²) in [5.41, 5.74) is 0. The van der Waals surface area contributed by atoms with Crippen LogP contribution in [-0.4, -0.2) is 43.4 Å². The van der Waals surface area contributed by atoms with E-state index in [0.29, 0.717) is 6.61 Å². The Morgan fingerprint density at radius 3 is 1.76 bits per heavy atom. The molecule has 0 spiro atoms. The van der Waals surface area contributed by atoms with Gasteiger partial charge in [0.15, 0.2) is 0 Å². The lowest BCUT2D eigenvalue weighted by Crippen LogP contribution is -3.00. The van der Waals surface area contributed by atoms with E-state index in [2.05, 4.69) is 21.0 Å². The smallest absolute Gasteiger partial charge is 0.0783 e. The van der Waals surface area contributed by atoms with Gasteiger partial charge in [0.1, 0.15) is 0 Å². The molecule has 106 valence electrons. The summed E-state index contributed by atoms with van der Waals surface area (Å²) in [6.07, 6.45) is 10.4. The monoisotopic (exact) mass is 357 g/mol. The van der Waals surface area contributed by atoms with E-state index >= 15 is 0 Å². The zero-order valence-electron chi connectivity index (χ0n) is 12.1. The second kappa shape index (κ2) is 13.1. The molecular weight excluding hydrogens is 325 g/mol. The molecule has 0 aliphatic rings. The SMILES string of the molecule is CCCCCCCC[N+](C)(C)CCCCO.[I-]. The molecular formula is C14H32INO. The third kappa shape index (κ3) is 14.6. The third-order valence-corrected chi connectivity index (χ3v) is 3.29. The van der Waals surface area contributed by atoms with Crippen molar-refractivity contribution in [3.05, 3.63) is 0 Å². The summed E-state index contributed by atoms with van der Waals surface area (Å²) in [5.74, 6) is 0. The van der Waals surface area contributed by atoms with E-state index in [1.54, 1.807) is 0 Å². The molecule has 0 amide bonds. The summed E-state index contributed by atoms with van der Waals surface area (Å²) in [6.45, 7) is 5.10. The topological polar surface area (TPSA) is 20.2 Å². The fraction of sp³-hybridized carbons (Fsp3) is 1.00. The number of aliphatic hydroxyl groups excluding tert-OH is 1. The summed E-state index contributed by atoms with van der Waals surface area (Å²) >= 11 is 0. The predicted molar refractivity (Wildman–Crippen MR) is 71.5 cm³/mol. The summed E-state index contributed by atoms with van der Waals surface area (Å²) in [4.78, 5) is 0. The van der Waals surface area contributed by atoms with Crippen LogP contribution >= 0.6 is 0 Å². The van der Waals surface area contributed by atoms with Crippen LogP contribution in [0.2, 0.25) is 0 Å². The van der Waals surface area contributed by atoms with E-state index in [1.807, 2.05) is 0 Å². The largest absolute Gasteiger partial charge is 1.00 e. The number of nitrogens with zero attached hydrogens (tertiary/aromatic N) is 1. The fourth-order valence-electron chi connectivity index (χ4n) is 2.08. The molecule has 0 aliphatic heterocycles. The van der Waals surface area contributed by atoms with E-state index in [-0.39, 0.29) is 24.0 Å². The average Bonchev–Trinajstić information content (AvgIpc) is 2.23. The Morgan fingerprint density at radius 1 is 0.765 bits per heavy atom. The molecule has 0 fully saturated rings. The first-order valence-corrected chi connectivity index (χ1v) is 7.05. The molecule has 0 saturated heterocycles. The van der Waals surface area contributed by atoms with E-state index in [9.17, 15) is 0 Å². The normalized spacial score (nSPS) is 11.3. The van der Waals surface area contributed by atoms with Crippen LogP contribution in [0.4, 0.5) is 0 Å². The molecule has 0 unspecified atom stereocenters. The Balaban J connectivity index is 0. The highest BCUT2D eigenvalue weighted by atomic mass is 127. The molecule has 0 heterocycles. The molecule has 0 radical (unpaired) electrons. The summed E-state index contributed by atoms with van der Waals surface area (Å²) in [6, 6.07) is 0. The van der Waals surface area contributed by atoms with Gasteiger partial charge in [0.25, 0.3) is 0 Å². The van der Waals surface area contributed by atoms with Crippen LogP contribution < -0.4 is 24.0 Å². The van der Waals surface area contributed by atoms with Crippen LogP contribution in [0.5, 0.6) is 0 Å². The number of rotatable bonds is 11. The zero-order chi connectivity index (χ0) is 12.3. The van der Waals surface area contributed by atoms with Gasteiger partial charge in [-0.25, -0.2) is 0 Å². The maximum Gasteiger partial charge on any atom is 0.0783 e. The van der Waals surface area contributed by atoms with E-state index in [4.69, 9.17) is 5.11 Å². The summed E-state index contributed by atoms with van der Waals surface area (Å²) < 4.78 is 1.12. The van der Waals surface area contributed by atoms with Crippen molar-refractivity contribution in [2.45, 2.75) is 58.3 Å². The van der Waals surface area contributed by atoms with Crippen molar-refractivity contribution in [1.82, 2.24) is 0 Å². The Hall–Kier alpha value is 0.650. The lowest BCUT2D eigenvalue weighted by atomic mass is 10.1. The number of hydrogen-bond donors (Lipinski definition) is 1. The maximum absolute atomic E-state index is 8.75. The number of unbranched alkanes of at least 4 members (excludes halogenated alkanes) is 6. The van der Waals surface area contributed by atoms with Crippen molar-refractivity contribution >= 4 is 0 Å². The maximum atomic E-state index is 8.75. The molecule has 0 bridgehead atoms. The van der Waals surface area contributed by atoms with Crippen molar-refractivity contribution in [2.75, 3.05) is 33.8 Å². The van der Waals surface area contributed by atoms with Gasteiger partial charge in [-0.3, -0.25) is 0 Å². The Morgan fingerprint density at radius 2 is 1.24 bits per heavy atom. The van der Waals surface area contributed by atoms with Crippen LogP contribution in [0.3, 0.4) is 0 Å². The summed E-state index contributed by atoms with van der Waals surface area (Å²) in [7, 11) is 4.62. The second-order valence-electron chi connectivity index (χ2n) is 5.58. The number of halogens is 1. The van der Waals surface area contributed by atoms with Crippen LogP contribution in [0.25, 0.3) is 0 Å². The highest BCUT2D eigenvalue weighted by Gasteiger charge is 2.13. The number of hydrogen-bond acceptors (Lipinski definition) is 1. The van der Waals surface area contributed by atoms with Crippen molar-refractivity contribution in [3.8, 4) is 0 Å². The predicted octanol–water partition coefficient (Wildman–Crippen LogP) is 0.200. The Labute approximate surface area is 125 Å². The Kier molecular flexibility index (Phi) is 15.4. The first kappa shape index (κ1) is 20.0. The van der Waals surface area contributed by atoms with Gasteiger partial charge in [0.2, 0.25) is 0 Å². The van der Waals surface area contributed by atoms with Gasteiger partial charge in [-0.05, 0) is 25.7 Å². The molecule has 0 aromatic heterocycles. The average molecular weight is 357 g/mol. The molecule has 0 rings (SSSR count). The standard InChI is InChI=1S/C14H32NO.HI/c1-4-5-6-7-8-9-12-15(2,3)13-10-11-14-16;/h16H,4-14H2,1-3H3;1H/q+1;/p-1. The van der Waals surface area contributed by atoms with Crippen molar-refractivity contribution < 1.29 is 33.6 Å². The third-order valence-electron chi connectivity index (χ3n) is 3.29. The number of aliphatic hydroxyl groups is 1. The fourth-order valence-corrected chi connectivity index (χ4v) is 2.08. The van der Waals surface area contributed by atoms with Crippen LogP contribution in [-0.2, 0) is 0 Å². The molecule has 0 aromatic rings. The van der Waals surface area contributed by atoms with Gasteiger partial charge in [-0.2, -0.15) is 0 Å². The lowest BCUT2D eigenvalue weighted by Gasteiger charge is -2.29. The van der Waals surface area contributed by atoms with E-state index < -0.39 is 0 Å². The minimum Gasteiger partial charge on any atom is -1.00 e. The van der Waals surface area contributed by atoms with Gasteiger partial charge in [-0.1, -0.05) is 32.6 Å². The quantitative estimate of drug-likeness (QED) is 0.318. The van der Waals surface area contributed by atoms with Crippen LogP contribution in [0.1, 0.15) is 58.3 Å². The van der Waals surface area contributed by atoms with Gasteiger partial charge in [0.05, 0.1) is 27.2 Å². The van der Waals surface area contributed by atoms with E-state index in [1.165, 1.54) is 51.6 Å². The number of quaternary nitrogens is 1. The van der Waals surface area contributed by atoms with Crippen LogP contribution in [0.15, 0.2) is 0 Å². The molecule has 17 heavy (non-hydrogen) atoms. The van der Waals surface area contributed by atoms with Gasteiger partial charge in [-0.15, -0.1) is 0 Å². The van der Waals surface area contributed by atoms with Crippen molar-refractivity contribution in [3.63, 3.8) is 0 Å². The summed E-state index contributed by atoms with van der Waals surface area (Å²) in [5, 5.41) is 8.75.